The molecule has 0 aliphatic carbocycles. The number of hydrogen-bond acceptors (Lipinski definition) is 4. The van der Waals surface area contributed by atoms with E-state index in [2.05, 4.69) is 4.90 Å². The highest BCUT2D eigenvalue weighted by atomic mass is 16.3. The summed E-state index contributed by atoms with van der Waals surface area (Å²) in [4.78, 5) is 13.7. The number of benzene rings is 1. The quantitative estimate of drug-likeness (QED) is 0.821. The number of nitrogens with zero attached hydrogens (tertiary/aromatic N) is 1. The Morgan fingerprint density at radius 2 is 2.15 bits per heavy atom. The van der Waals surface area contributed by atoms with E-state index in [1.165, 1.54) is 0 Å². The van der Waals surface area contributed by atoms with Gasteiger partial charge in [-0.3, -0.25) is 9.69 Å². The Morgan fingerprint density at radius 1 is 1.35 bits per heavy atom. The number of likely N-dealkylation sites (tertiary alicyclic amines) is 1. The zero-order valence-corrected chi connectivity index (χ0v) is 12.0. The topological polar surface area (TPSA) is 60.8 Å². The maximum absolute atomic E-state index is 11.4. The summed E-state index contributed by atoms with van der Waals surface area (Å²) in [7, 11) is 0. The van der Waals surface area contributed by atoms with Gasteiger partial charge in [-0.05, 0) is 44.4 Å². The fraction of sp³-hybridized carbons (Fsp3) is 0.562. The molecule has 1 aliphatic rings. The van der Waals surface area contributed by atoms with Gasteiger partial charge in [-0.2, -0.15) is 0 Å². The number of Topliss-reactive ketones (excluding diaryl/α,β-unsaturated/α-hetero) is 1. The van der Waals surface area contributed by atoms with Crippen LogP contribution in [0.15, 0.2) is 24.3 Å². The Hall–Kier alpha value is -1.23. The average Bonchev–Trinajstić information content (AvgIpc) is 2.62. The molecule has 0 bridgehead atoms. The molecule has 1 atom stereocenters. The van der Waals surface area contributed by atoms with E-state index in [1.54, 1.807) is 6.92 Å². The number of rotatable bonds is 4. The molecule has 0 radical (unpaired) electrons. The summed E-state index contributed by atoms with van der Waals surface area (Å²) in [5.74, 6) is 0.0809. The molecular weight excluding hydrogens is 254 g/mol. The van der Waals surface area contributed by atoms with Crippen molar-refractivity contribution in [2.45, 2.75) is 38.3 Å². The van der Waals surface area contributed by atoms with E-state index in [0.29, 0.717) is 12.8 Å². The molecule has 4 heteroatoms. The van der Waals surface area contributed by atoms with Crippen LogP contribution < -0.4 is 0 Å². The molecule has 1 aromatic carbocycles. The van der Waals surface area contributed by atoms with Crippen LogP contribution in [0.3, 0.4) is 0 Å². The minimum absolute atomic E-state index is 0.0809. The van der Waals surface area contributed by atoms with Crippen molar-refractivity contribution in [3.63, 3.8) is 0 Å². The number of aliphatic hydroxyl groups is 2. The van der Waals surface area contributed by atoms with E-state index in [9.17, 15) is 15.0 Å². The van der Waals surface area contributed by atoms with Crippen molar-refractivity contribution in [3.8, 4) is 0 Å². The molecule has 1 aliphatic heterocycles. The van der Waals surface area contributed by atoms with Gasteiger partial charge >= 0.3 is 0 Å². The van der Waals surface area contributed by atoms with E-state index >= 15 is 0 Å². The normalized spacial score (nSPS) is 24.4. The first-order valence-corrected chi connectivity index (χ1v) is 7.18. The number of hydrogen-bond donors (Lipinski definition) is 2. The summed E-state index contributed by atoms with van der Waals surface area (Å²) in [6.07, 6.45) is 2.12. The van der Waals surface area contributed by atoms with Crippen LogP contribution >= 0.6 is 0 Å². The molecule has 1 saturated heterocycles. The summed E-state index contributed by atoms with van der Waals surface area (Å²) < 4.78 is 0. The number of carbonyl (C=O) groups is 1. The summed E-state index contributed by atoms with van der Waals surface area (Å²) in [6.45, 7) is 3.86. The minimum Gasteiger partial charge on any atom is -0.393 e. The SMILES string of the molecule is CC(=O)c1cccc(CN2CCC[C@@](O)(CO)CC2)c1. The van der Waals surface area contributed by atoms with Gasteiger partial charge in [0, 0.05) is 18.7 Å². The molecule has 0 spiro atoms. The van der Waals surface area contributed by atoms with Crippen molar-refractivity contribution in [2.75, 3.05) is 19.7 Å². The highest BCUT2D eigenvalue weighted by molar-refractivity contribution is 5.94. The zero-order chi connectivity index (χ0) is 14.6. The smallest absolute Gasteiger partial charge is 0.159 e. The molecule has 1 fully saturated rings. The number of ketones is 1. The first kappa shape index (κ1) is 15.2. The van der Waals surface area contributed by atoms with Crippen molar-refractivity contribution >= 4 is 5.78 Å². The number of aliphatic hydroxyl groups excluding tert-OH is 1. The van der Waals surface area contributed by atoms with Crippen molar-refractivity contribution in [1.82, 2.24) is 4.90 Å². The second kappa shape index (κ2) is 6.48. The summed E-state index contributed by atoms with van der Waals surface area (Å²) >= 11 is 0. The molecule has 20 heavy (non-hydrogen) atoms. The maximum atomic E-state index is 11.4. The molecule has 0 aromatic heterocycles. The van der Waals surface area contributed by atoms with E-state index in [1.807, 2.05) is 24.3 Å². The van der Waals surface area contributed by atoms with Gasteiger partial charge in [-0.25, -0.2) is 0 Å². The molecule has 4 nitrogen and oxygen atoms in total. The molecule has 2 N–H and O–H groups in total. The first-order valence-electron chi connectivity index (χ1n) is 7.18. The third-order valence-corrected chi connectivity index (χ3v) is 4.04. The Kier molecular flexibility index (Phi) is 4.91. The average molecular weight is 277 g/mol. The lowest BCUT2D eigenvalue weighted by atomic mass is 9.96. The second-order valence-corrected chi connectivity index (χ2v) is 5.77. The lowest BCUT2D eigenvalue weighted by Gasteiger charge is -2.24. The van der Waals surface area contributed by atoms with E-state index in [0.717, 1.165) is 37.2 Å². The van der Waals surface area contributed by atoms with Crippen molar-refractivity contribution in [2.24, 2.45) is 0 Å². The summed E-state index contributed by atoms with van der Waals surface area (Å²) in [5, 5.41) is 19.4. The molecule has 0 unspecified atom stereocenters. The van der Waals surface area contributed by atoms with Crippen LogP contribution in [0.1, 0.15) is 42.1 Å². The van der Waals surface area contributed by atoms with Crippen LogP contribution in [0.25, 0.3) is 0 Å². The predicted molar refractivity (Wildman–Crippen MR) is 77.6 cm³/mol. The number of carbonyl (C=O) groups excluding carboxylic acids is 1. The van der Waals surface area contributed by atoms with E-state index in [4.69, 9.17) is 0 Å². The van der Waals surface area contributed by atoms with Crippen molar-refractivity contribution in [3.05, 3.63) is 35.4 Å². The van der Waals surface area contributed by atoms with Crippen molar-refractivity contribution < 1.29 is 15.0 Å². The van der Waals surface area contributed by atoms with Gasteiger partial charge in [-0.15, -0.1) is 0 Å². The van der Waals surface area contributed by atoms with Gasteiger partial charge in [0.05, 0.1) is 12.2 Å². The lowest BCUT2D eigenvalue weighted by molar-refractivity contribution is -0.0255. The Morgan fingerprint density at radius 3 is 2.85 bits per heavy atom. The highest BCUT2D eigenvalue weighted by Gasteiger charge is 2.29. The molecular formula is C16H23NO3. The zero-order valence-electron chi connectivity index (χ0n) is 12.0. The van der Waals surface area contributed by atoms with Gasteiger partial charge in [0.1, 0.15) is 0 Å². The summed E-state index contributed by atoms with van der Waals surface area (Å²) in [6, 6.07) is 7.70. The fourth-order valence-corrected chi connectivity index (χ4v) is 2.70. The van der Waals surface area contributed by atoms with E-state index in [-0.39, 0.29) is 12.4 Å². The fourth-order valence-electron chi connectivity index (χ4n) is 2.70. The molecule has 110 valence electrons. The largest absolute Gasteiger partial charge is 0.393 e. The van der Waals surface area contributed by atoms with Crippen LogP contribution in [0, 0.1) is 0 Å². The van der Waals surface area contributed by atoms with Gasteiger partial charge in [0.2, 0.25) is 0 Å². The molecule has 0 amide bonds. The lowest BCUT2D eigenvalue weighted by Crippen LogP contribution is -2.34. The van der Waals surface area contributed by atoms with Crippen LogP contribution in [-0.4, -0.2) is 46.2 Å². The van der Waals surface area contributed by atoms with Gasteiger partial charge in [0.25, 0.3) is 0 Å². The first-order chi connectivity index (χ1) is 9.52. The van der Waals surface area contributed by atoms with E-state index < -0.39 is 5.60 Å². The second-order valence-electron chi connectivity index (χ2n) is 5.77. The molecule has 2 rings (SSSR count). The summed E-state index contributed by atoms with van der Waals surface area (Å²) in [5.41, 5.74) is 0.937. The predicted octanol–water partition coefficient (Wildman–Crippen LogP) is 1.60. The molecule has 1 aromatic rings. The third kappa shape index (κ3) is 3.88. The maximum Gasteiger partial charge on any atom is 0.159 e. The molecule has 0 saturated carbocycles. The van der Waals surface area contributed by atoms with Crippen LogP contribution in [-0.2, 0) is 6.54 Å². The minimum atomic E-state index is -0.921. The third-order valence-electron chi connectivity index (χ3n) is 4.04. The highest BCUT2D eigenvalue weighted by Crippen LogP contribution is 2.22. The van der Waals surface area contributed by atoms with Crippen LogP contribution in [0.4, 0.5) is 0 Å². The van der Waals surface area contributed by atoms with Gasteiger partial charge in [-0.1, -0.05) is 18.2 Å². The Bertz CT molecular complexity index is 475. The standard InChI is InChI=1S/C16H23NO3/c1-13(19)15-5-2-4-14(10-15)11-17-8-3-6-16(20,12-18)7-9-17/h2,4-5,10,18,20H,3,6-9,11-12H2,1H3/t16-/m0/s1. The van der Waals surface area contributed by atoms with Gasteiger partial charge in [0.15, 0.2) is 5.78 Å². The van der Waals surface area contributed by atoms with Crippen molar-refractivity contribution in [1.29, 1.82) is 0 Å². The van der Waals surface area contributed by atoms with Crippen LogP contribution in [0.2, 0.25) is 0 Å². The van der Waals surface area contributed by atoms with Crippen LogP contribution in [0.5, 0.6) is 0 Å². The molecule has 1 heterocycles. The van der Waals surface area contributed by atoms with Gasteiger partial charge < -0.3 is 10.2 Å². The Balaban J connectivity index is 2.00. The monoisotopic (exact) mass is 277 g/mol. The Labute approximate surface area is 120 Å².